The number of rotatable bonds is 6. The highest BCUT2D eigenvalue weighted by Crippen LogP contribution is 2.39. The van der Waals surface area contributed by atoms with Gasteiger partial charge in [0.15, 0.2) is 0 Å². The van der Waals surface area contributed by atoms with Crippen LogP contribution in [0.3, 0.4) is 0 Å². The number of halogens is 2. The fourth-order valence-electron chi connectivity index (χ4n) is 3.62. The summed E-state index contributed by atoms with van der Waals surface area (Å²) in [5.41, 5.74) is 0.476. The van der Waals surface area contributed by atoms with E-state index in [4.69, 9.17) is 23.2 Å². The summed E-state index contributed by atoms with van der Waals surface area (Å²) in [4.78, 5) is 21.1. The maximum Gasteiger partial charge on any atom is 0.270 e. The quantitative estimate of drug-likeness (QED) is 0.196. The summed E-state index contributed by atoms with van der Waals surface area (Å²) in [6.07, 6.45) is 0. The van der Waals surface area contributed by atoms with Crippen LogP contribution in [-0.2, 0) is 9.84 Å². The Morgan fingerprint density at radius 1 is 0.600 bits per heavy atom. The Kier molecular flexibility index (Phi) is 6.58. The molecule has 0 radical (unpaired) electrons. The fraction of sp³-hybridized carbons (Fsp3) is 0. The molecule has 0 N–H and O–H groups in total. The van der Waals surface area contributed by atoms with Crippen LogP contribution < -0.4 is 0 Å². The standard InChI is InChI=1S/C24H14Cl2N2O6S/c25-17-7-9-23(21(13-17)15-3-1-5-19(11-15)27(29)30)35(33,34)24-10-8-18(26)14-22(24)16-4-2-6-20(12-16)28(31)32/h1-14H. The van der Waals surface area contributed by atoms with Crippen LogP contribution >= 0.6 is 23.2 Å². The highest BCUT2D eigenvalue weighted by Gasteiger charge is 2.27. The Morgan fingerprint density at radius 3 is 1.37 bits per heavy atom. The third kappa shape index (κ3) is 4.88. The topological polar surface area (TPSA) is 120 Å². The van der Waals surface area contributed by atoms with E-state index in [1.807, 2.05) is 0 Å². The van der Waals surface area contributed by atoms with E-state index in [-0.39, 0.29) is 53.5 Å². The minimum Gasteiger partial charge on any atom is -0.258 e. The average molecular weight is 529 g/mol. The Balaban J connectivity index is 1.96. The average Bonchev–Trinajstić information content (AvgIpc) is 2.83. The van der Waals surface area contributed by atoms with Crippen LogP contribution in [0.5, 0.6) is 0 Å². The second kappa shape index (κ2) is 9.46. The molecule has 4 aromatic carbocycles. The lowest BCUT2D eigenvalue weighted by molar-refractivity contribution is -0.385. The van der Waals surface area contributed by atoms with E-state index in [0.717, 1.165) is 0 Å². The first-order valence-corrected chi connectivity index (χ1v) is 12.2. The van der Waals surface area contributed by atoms with Crippen molar-refractivity contribution >= 4 is 44.4 Å². The van der Waals surface area contributed by atoms with Gasteiger partial charge in [0, 0.05) is 45.4 Å². The van der Waals surface area contributed by atoms with Gasteiger partial charge in [0.05, 0.1) is 19.6 Å². The van der Waals surface area contributed by atoms with Gasteiger partial charge in [0.25, 0.3) is 11.4 Å². The highest BCUT2D eigenvalue weighted by atomic mass is 35.5. The van der Waals surface area contributed by atoms with Gasteiger partial charge < -0.3 is 0 Å². The first-order valence-electron chi connectivity index (χ1n) is 9.92. The summed E-state index contributed by atoms with van der Waals surface area (Å²) in [7, 11) is -4.25. The Morgan fingerprint density at radius 2 is 1.00 bits per heavy atom. The lowest BCUT2D eigenvalue weighted by atomic mass is 10.0. The molecular formula is C24H14Cl2N2O6S. The Hall–Kier alpha value is -3.79. The summed E-state index contributed by atoms with van der Waals surface area (Å²) in [5, 5.41) is 23.0. The smallest absolute Gasteiger partial charge is 0.258 e. The summed E-state index contributed by atoms with van der Waals surface area (Å²) in [5.74, 6) is 0. The molecule has 0 aliphatic heterocycles. The lowest BCUT2D eigenvalue weighted by Crippen LogP contribution is -2.06. The molecule has 0 atom stereocenters. The minimum atomic E-state index is -4.25. The van der Waals surface area contributed by atoms with Crippen LogP contribution in [0, 0.1) is 20.2 Å². The fourth-order valence-corrected chi connectivity index (χ4v) is 5.62. The summed E-state index contributed by atoms with van der Waals surface area (Å²) >= 11 is 12.3. The summed E-state index contributed by atoms with van der Waals surface area (Å²) < 4.78 is 27.9. The number of nitro benzene ring substituents is 2. The van der Waals surface area contributed by atoms with Crippen LogP contribution in [0.2, 0.25) is 10.0 Å². The zero-order valence-corrected chi connectivity index (χ0v) is 19.9. The van der Waals surface area contributed by atoms with Gasteiger partial charge in [-0.15, -0.1) is 0 Å². The molecule has 4 rings (SSSR count). The zero-order chi connectivity index (χ0) is 25.3. The van der Waals surface area contributed by atoms with E-state index < -0.39 is 19.7 Å². The molecule has 11 heteroatoms. The number of nitrogens with zero attached hydrogens (tertiary/aromatic N) is 2. The maximum atomic E-state index is 13.9. The molecule has 176 valence electrons. The molecule has 8 nitrogen and oxygen atoms in total. The second-order valence-corrected chi connectivity index (χ2v) is 10.2. The minimum absolute atomic E-state index is 0.142. The van der Waals surface area contributed by atoms with E-state index in [2.05, 4.69) is 0 Å². The molecule has 0 bridgehead atoms. The largest absolute Gasteiger partial charge is 0.270 e. The SMILES string of the molecule is O=[N+]([O-])c1cccc(-c2cc(Cl)ccc2S(=O)(=O)c2ccc(Cl)cc2-c2cccc([N+](=O)[O-])c2)c1. The second-order valence-electron chi connectivity index (χ2n) is 7.40. The van der Waals surface area contributed by atoms with Crippen molar-refractivity contribution in [1.29, 1.82) is 0 Å². The molecule has 0 fully saturated rings. The van der Waals surface area contributed by atoms with Gasteiger partial charge in [-0.1, -0.05) is 47.5 Å². The predicted octanol–water partition coefficient (Wildman–Crippen LogP) is 6.98. The van der Waals surface area contributed by atoms with Crippen molar-refractivity contribution in [3.8, 4) is 22.3 Å². The van der Waals surface area contributed by atoms with Crippen LogP contribution in [0.25, 0.3) is 22.3 Å². The lowest BCUT2D eigenvalue weighted by Gasteiger charge is -2.15. The number of nitro groups is 2. The van der Waals surface area contributed by atoms with Crippen LogP contribution in [0.15, 0.2) is 94.7 Å². The van der Waals surface area contributed by atoms with Crippen LogP contribution in [-0.4, -0.2) is 18.3 Å². The summed E-state index contributed by atoms with van der Waals surface area (Å²) in [6, 6.07) is 19.3. The molecule has 0 heterocycles. The first kappa shape index (κ1) is 24.3. The van der Waals surface area contributed by atoms with Crippen molar-refractivity contribution < 1.29 is 18.3 Å². The van der Waals surface area contributed by atoms with E-state index in [9.17, 15) is 28.6 Å². The van der Waals surface area contributed by atoms with Gasteiger partial charge >= 0.3 is 0 Å². The Bertz CT molecular complexity index is 1490. The van der Waals surface area contributed by atoms with E-state index >= 15 is 0 Å². The molecule has 0 aliphatic rings. The van der Waals surface area contributed by atoms with Crippen molar-refractivity contribution in [2.24, 2.45) is 0 Å². The summed E-state index contributed by atoms with van der Waals surface area (Å²) in [6.45, 7) is 0. The highest BCUT2D eigenvalue weighted by molar-refractivity contribution is 7.91. The maximum absolute atomic E-state index is 13.9. The molecule has 0 saturated carbocycles. The molecular weight excluding hydrogens is 515 g/mol. The van der Waals surface area contributed by atoms with Gasteiger partial charge in [-0.05, 0) is 47.5 Å². The van der Waals surface area contributed by atoms with Gasteiger partial charge in [0.2, 0.25) is 9.84 Å². The van der Waals surface area contributed by atoms with E-state index in [1.54, 1.807) is 12.1 Å². The van der Waals surface area contributed by atoms with Gasteiger partial charge in [0.1, 0.15) is 0 Å². The molecule has 0 aromatic heterocycles. The first-order chi connectivity index (χ1) is 16.6. The van der Waals surface area contributed by atoms with Crippen molar-refractivity contribution in [2.75, 3.05) is 0 Å². The Labute approximate surface area is 209 Å². The van der Waals surface area contributed by atoms with Gasteiger partial charge in [-0.2, -0.15) is 0 Å². The van der Waals surface area contributed by atoms with E-state index in [0.29, 0.717) is 0 Å². The molecule has 4 aromatic rings. The number of non-ortho nitro benzene ring substituents is 2. The van der Waals surface area contributed by atoms with Gasteiger partial charge in [-0.3, -0.25) is 20.2 Å². The number of hydrogen-bond acceptors (Lipinski definition) is 6. The normalized spacial score (nSPS) is 11.3. The van der Waals surface area contributed by atoms with Crippen LogP contribution in [0.1, 0.15) is 0 Å². The molecule has 0 saturated heterocycles. The monoisotopic (exact) mass is 528 g/mol. The molecule has 0 aliphatic carbocycles. The molecule has 0 amide bonds. The van der Waals surface area contributed by atoms with Crippen molar-refractivity contribution in [3.63, 3.8) is 0 Å². The third-order valence-electron chi connectivity index (χ3n) is 5.20. The van der Waals surface area contributed by atoms with Crippen molar-refractivity contribution in [1.82, 2.24) is 0 Å². The molecule has 0 unspecified atom stereocenters. The number of hydrogen-bond donors (Lipinski definition) is 0. The van der Waals surface area contributed by atoms with Crippen molar-refractivity contribution in [3.05, 3.63) is 115 Å². The predicted molar refractivity (Wildman–Crippen MR) is 133 cm³/mol. The van der Waals surface area contributed by atoms with Gasteiger partial charge in [-0.25, -0.2) is 8.42 Å². The third-order valence-corrected chi connectivity index (χ3v) is 7.54. The zero-order valence-electron chi connectivity index (χ0n) is 17.6. The van der Waals surface area contributed by atoms with E-state index in [1.165, 1.54) is 72.8 Å². The van der Waals surface area contributed by atoms with Crippen molar-refractivity contribution in [2.45, 2.75) is 9.79 Å². The molecule has 0 spiro atoms. The van der Waals surface area contributed by atoms with Crippen LogP contribution in [0.4, 0.5) is 11.4 Å². The number of sulfone groups is 1. The molecule has 35 heavy (non-hydrogen) atoms. The number of benzene rings is 4.